The van der Waals surface area contributed by atoms with Gasteiger partial charge < -0.3 is 26.6 Å². The van der Waals surface area contributed by atoms with Gasteiger partial charge in [0.2, 0.25) is 0 Å². The first-order valence-corrected chi connectivity index (χ1v) is 19.1. The van der Waals surface area contributed by atoms with Gasteiger partial charge in [-0.2, -0.15) is 0 Å². The van der Waals surface area contributed by atoms with Gasteiger partial charge in [-0.3, -0.25) is 19.6 Å². The second-order valence-corrected chi connectivity index (χ2v) is 13.6. The third-order valence-corrected chi connectivity index (χ3v) is 9.18. The summed E-state index contributed by atoms with van der Waals surface area (Å²) in [7, 11) is 0. The Balaban J connectivity index is 0.000000234. The van der Waals surface area contributed by atoms with Gasteiger partial charge in [-0.25, -0.2) is 9.97 Å². The average molecular weight is 726 g/mol. The van der Waals surface area contributed by atoms with Gasteiger partial charge in [-0.05, 0) is 106 Å². The highest BCUT2D eigenvalue weighted by atomic mass is 16.4. The van der Waals surface area contributed by atoms with Crippen LogP contribution in [0.5, 0.6) is 0 Å². The van der Waals surface area contributed by atoms with Crippen molar-refractivity contribution in [3.05, 3.63) is 90.1 Å². The Hall–Kier alpha value is -4.74. The van der Waals surface area contributed by atoms with Crippen molar-refractivity contribution in [1.29, 1.82) is 0 Å². The zero-order valence-electron chi connectivity index (χ0n) is 31.9. The minimum atomic E-state index is -0.783. The number of aliphatic carboxylic acids is 2. The van der Waals surface area contributed by atoms with Gasteiger partial charge in [0.05, 0.1) is 35.7 Å². The van der Waals surface area contributed by atoms with E-state index in [1.165, 1.54) is 38.5 Å². The first-order valence-electron chi connectivity index (χ1n) is 19.1. The number of hydrogen-bond acceptors (Lipinski definition) is 9. The maximum Gasteiger partial charge on any atom is 0.303 e. The van der Waals surface area contributed by atoms with E-state index in [9.17, 15) is 9.59 Å². The molecule has 0 radical (unpaired) electrons. The van der Waals surface area contributed by atoms with Crippen LogP contribution in [-0.2, 0) is 22.4 Å². The maximum absolute atomic E-state index is 10.7. The van der Waals surface area contributed by atoms with Crippen LogP contribution < -0.4 is 16.4 Å². The van der Waals surface area contributed by atoms with Gasteiger partial charge in [0.25, 0.3) is 0 Å². The summed E-state index contributed by atoms with van der Waals surface area (Å²) in [5.74, 6) is 0.831. The number of benzene rings is 2. The van der Waals surface area contributed by atoms with Crippen LogP contribution in [0.15, 0.2) is 73.3 Å². The van der Waals surface area contributed by atoms with Crippen LogP contribution in [0.25, 0.3) is 22.5 Å². The van der Waals surface area contributed by atoms with Crippen molar-refractivity contribution < 1.29 is 19.8 Å². The lowest BCUT2D eigenvalue weighted by atomic mass is 9.88. The van der Waals surface area contributed by atoms with Crippen molar-refractivity contribution in [2.45, 2.75) is 97.9 Å². The van der Waals surface area contributed by atoms with Crippen molar-refractivity contribution >= 4 is 17.8 Å². The normalized spacial score (nSPS) is 16.7. The Kier molecular flexibility index (Phi) is 19.1. The number of nitrogens with zero attached hydrogens (tertiary/aromatic N) is 4. The molecule has 2 aromatic heterocycles. The third-order valence-electron chi connectivity index (χ3n) is 9.18. The molecule has 0 bridgehead atoms. The topological polar surface area (TPSA) is 176 Å². The SMILES string of the molecule is CC.CC1CCC(N)CC1.Cc1cncc(-c2cccc(CCC(=O)O)c2)n1.O=C(O)CCc1cccc(-c2cncc(NCC3CCNCC3)n2)c1. The summed E-state index contributed by atoms with van der Waals surface area (Å²) in [6, 6.07) is 16.1. The molecule has 53 heavy (non-hydrogen) atoms. The molecule has 4 aromatic rings. The molecule has 1 aliphatic heterocycles. The van der Waals surface area contributed by atoms with E-state index in [-0.39, 0.29) is 12.8 Å². The van der Waals surface area contributed by atoms with Crippen molar-refractivity contribution in [3.63, 3.8) is 0 Å². The zero-order valence-corrected chi connectivity index (χ0v) is 31.9. The summed E-state index contributed by atoms with van der Waals surface area (Å²) in [6.45, 7) is 11.3. The Labute approximate surface area is 315 Å². The number of nitrogens with one attached hydrogen (secondary N) is 2. The Morgan fingerprint density at radius 2 is 1.30 bits per heavy atom. The number of piperidine rings is 1. The predicted molar refractivity (Wildman–Crippen MR) is 213 cm³/mol. The molecular formula is C42H59N7O4. The summed E-state index contributed by atoms with van der Waals surface area (Å²) >= 11 is 0. The minimum Gasteiger partial charge on any atom is -0.481 e. The first kappa shape index (κ1) is 42.7. The number of anilines is 1. The van der Waals surface area contributed by atoms with E-state index in [1.54, 1.807) is 24.8 Å². The molecule has 0 amide bonds. The van der Waals surface area contributed by atoms with E-state index in [2.05, 4.69) is 37.5 Å². The highest BCUT2D eigenvalue weighted by Crippen LogP contribution is 2.23. The van der Waals surface area contributed by atoms with E-state index >= 15 is 0 Å². The zero-order chi connectivity index (χ0) is 38.4. The summed E-state index contributed by atoms with van der Waals surface area (Å²) in [5.41, 5.74) is 12.1. The fourth-order valence-corrected chi connectivity index (χ4v) is 6.09. The molecule has 6 N–H and O–H groups in total. The summed E-state index contributed by atoms with van der Waals surface area (Å²) < 4.78 is 0. The van der Waals surface area contributed by atoms with Gasteiger partial charge >= 0.3 is 11.9 Å². The highest BCUT2D eigenvalue weighted by Gasteiger charge is 2.14. The molecule has 2 aromatic carbocycles. The lowest BCUT2D eigenvalue weighted by Crippen LogP contribution is -2.31. The standard InChI is InChI=1S/C19H24N4O2.C14H14N2O2.C7H15N.C2H6/c24-19(25)5-4-14-2-1-3-16(10-14)17-12-21-13-18(23-17)22-11-15-6-8-20-9-7-15;1-10-8-15-9-13(16-10)12-4-2-3-11(7-12)5-6-14(17)18;1-6-2-4-7(8)5-3-6;1-2/h1-3,10,12-13,15,20H,4-9,11H2,(H,22,23)(H,24,25);2-4,7-9H,5-6H2,1H3,(H,17,18);6-7H,2-5,8H2,1H3;1-2H3. The molecule has 0 unspecified atom stereocenters. The third kappa shape index (κ3) is 16.6. The van der Waals surface area contributed by atoms with E-state index in [4.69, 9.17) is 15.9 Å². The average Bonchev–Trinajstić information content (AvgIpc) is 3.19. The molecular weight excluding hydrogens is 667 g/mol. The minimum absolute atomic E-state index is 0.132. The molecule has 11 nitrogen and oxygen atoms in total. The van der Waals surface area contributed by atoms with E-state index in [1.807, 2.05) is 69.3 Å². The second-order valence-electron chi connectivity index (χ2n) is 13.6. The molecule has 11 heteroatoms. The van der Waals surface area contributed by atoms with Gasteiger partial charge in [0.15, 0.2) is 0 Å². The quantitative estimate of drug-likeness (QED) is 0.103. The van der Waals surface area contributed by atoms with Crippen LogP contribution in [0.1, 0.15) is 89.0 Å². The monoisotopic (exact) mass is 725 g/mol. The van der Waals surface area contributed by atoms with Crippen LogP contribution in [0.3, 0.4) is 0 Å². The summed E-state index contributed by atoms with van der Waals surface area (Å²) in [4.78, 5) is 38.8. The number of hydrogen-bond donors (Lipinski definition) is 5. The number of carbonyl (C=O) groups is 2. The summed E-state index contributed by atoms with van der Waals surface area (Å²) in [6.07, 6.45) is 15.8. The molecule has 286 valence electrons. The summed E-state index contributed by atoms with van der Waals surface area (Å²) in [5, 5.41) is 24.3. The molecule has 0 spiro atoms. The van der Waals surface area contributed by atoms with Crippen LogP contribution >= 0.6 is 0 Å². The smallest absolute Gasteiger partial charge is 0.303 e. The molecule has 1 aliphatic carbocycles. The fourth-order valence-electron chi connectivity index (χ4n) is 6.09. The number of rotatable bonds is 11. The van der Waals surface area contributed by atoms with Crippen molar-refractivity contribution in [2.75, 3.05) is 25.0 Å². The molecule has 3 heterocycles. The van der Waals surface area contributed by atoms with Crippen LogP contribution in [0.2, 0.25) is 0 Å². The molecule has 2 fully saturated rings. The van der Waals surface area contributed by atoms with E-state index in [0.717, 1.165) is 70.7 Å². The Bertz CT molecular complexity index is 1660. The van der Waals surface area contributed by atoms with Gasteiger partial charge in [-0.1, -0.05) is 57.2 Å². The number of carboxylic acid groups (broad SMARTS) is 2. The van der Waals surface area contributed by atoms with Crippen LogP contribution in [0.4, 0.5) is 5.82 Å². The Morgan fingerprint density at radius 3 is 1.81 bits per heavy atom. The molecule has 6 rings (SSSR count). The number of carboxylic acids is 2. The number of nitrogens with two attached hydrogens (primary N) is 1. The highest BCUT2D eigenvalue weighted by molar-refractivity contribution is 5.68. The number of aromatic nitrogens is 4. The van der Waals surface area contributed by atoms with E-state index in [0.29, 0.717) is 24.8 Å². The largest absolute Gasteiger partial charge is 0.481 e. The Morgan fingerprint density at radius 1 is 0.774 bits per heavy atom. The molecule has 1 saturated carbocycles. The van der Waals surface area contributed by atoms with Crippen molar-refractivity contribution in [3.8, 4) is 22.5 Å². The number of aryl methyl sites for hydroxylation is 3. The van der Waals surface area contributed by atoms with Crippen molar-refractivity contribution in [1.82, 2.24) is 25.3 Å². The van der Waals surface area contributed by atoms with Crippen molar-refractivity contribution in [2.24, 2.45) is 17.6 Å². The maximum atomic E-state index is 10.7. The lowest BCUT2D eigenvalue weighted by Gasteiger charge is -2.22. The first-order chi connectivity index (χ1) is 25.6. The molecule has 1 saturated heterocycles. The van der Waals surface area contributed by atoms with Gasteiger partial charge in [-0.15, -0.1) is 0 Å². The lowest BCUT2D eigenvalue weighted by molar-refractivity contribution is -0.138. The molecule has 0 atom stereocenters. The van der Waals surface area contributed by atoms with Gasteiger partial charge in [0, 0.05) is 42.8 Å². The fraction of sp³-hybridized carbons (Fsp3) is 0.476. The molecule has 2 aliphatic rings. The van der Waals surface area contributed by atoms with Crippen LogP contribution in [0, 0.1) is 18.8 Å². The van der Waals surface area contributed by atoms with Crippen LogP contribution in [-0.4, -0.2) is 67.8 Å². The van der Waals surface area contributed by atoms with E-state index < -0.39 is 11.9 Å². The second kappa shape index (κ2) is 23.7. The predicted octanol–water partition coefficient (Wildman–Crippen LogP) is 7.59. The van der Waals surface area contributed by atoms with Gasteiger partial charge in [0.1, 0.15) is 5.82 Å².